The average Bonchev–Trinajstić information content (AvgIpc) is 2.93. The summed E-state index contributed by atoms with van der Waals surface area (Å²) >= 11 is 0. The van der Waals surface area contributed by atoms with E-state index in [1.165, 1.54) is 6.34 Å². The molecule has 4 rings (SSSR count). The molecule has 0 bridgehead atoms. The first-order valence-electron chi connectivity index (χ1n) is 10.5. The molecular weight excluding hydrogens is 376 g/mol. The van der Waals surface area contributed by atoms with Crippen molar-refractivity contribution in [1.82, 2.24) is 9.80 Å². The maximum atomic E-state index is 13.9. The van der Waals surface area contributed by atoms with Gasteiger partial charge in [-0.15, -0.1) is 0 Å². The molecule has 158 valence electrons. The van der Waals surface area contributed by atoms with Crippen LogP contribution in [0, 0.1) is 16.7 Å². The van der Waals surface area contributed by atoms with Crippen LogP contribution < -0.4 is 0 Å². The summed E-state index contributed by atoms with van der Waals surface area (Å²) in [4.78, 5) is 17.1. The Bertz CT molecular complexity index is 767. The highest BCUT2D eigenvalue weighted by Crippen LogP contribution is 2.50. The van der Waals surface area contributed by atoms with E-state index in [1.807, 2.05) is 4.90 Å². The highest BCUT2D eigenvalue weighted by Gasteiger charge is 2.57. The first-order chi connectivity index (χ1) is 13.8. The Labute approximate surface area is 170 Å². The molecule has 1 amide bonds. The van der Waals surface area contributed by atoms with E-state index >= 15 is 0 Å². The summed E-state index contributed by atoms with van der Waals surface area (Å²) in [6.07, 6.45) is 3.60. The van der Waals surface area contributed by atoms with Crippen molar-refractivity contribution < 1.29 is 18.7 Å². The number of carbonyl (C=O) groups is 1. The monoisotopic (exact) mass is 405 g/mol. The van der Waals surface area contributed by atoms with E-state index in [0.717, 1.165) is 32.4 Å². The van der Waals surface area contributed by atoms with Gasteiger partial charge in [0.15, 0.2) is 5.60 Å². The van der Waals surface area contributed by atoms with Crippen LogP contribution in [-0.2, 0) is 10.4 Å². The lowest BCUT2D eigenvalue weighted by atomic mass is 9.71. The van der Waals surface area contributed by atoms with E-state index in [9.17, 15) is 18.7 Å². The van der Waals surface area contributed by atoms with Crippen LogP contribution in [0.5, 0.6) is 0 Å². The van der Waals surface area contributed by atoms with Crippen molar-refractivity contribution in [3.05, 3.63) is 35.9 Å². The van der Waals surface area contributed by atoms with Crippen molar-refractivity contribution in [3.63, 3.8) is 0 Å². The van der Waals surface area contributed by atoms with E-state index < -0.39 is 29.8 Å². The molecule has 2 N–H and O–H groups in total. The van der Waals surface area contributed by atoms with E-state index in [0.29, 0.717) is 18.7 Å². The smallest absolute Gasteiger partial charge is 0.259 e. The molecule has 5 nitrogen and oxygen atoms in total. The minimum absolute atomic E-state index is 0.0185. The third kappa shape index (κ3) is 3.65. The third-order valence-corrected chi connectivity index (χ3v) is 7.14. The molecule has 0 radical (unpaired) electrons. The molecule has 0 aromatic heterocycles. The van der Waals surface area contributed by atoms with E-state index in [1.54, 1.807) is 35.2 Å². The highest BCUT2D eigenvalue weighted by molar-refractivity contribution is 5.87. The number of nitrogens with zero attached hydrogens (tertiary/aromatic N) is 2. The number of rotatable bonds is 4. The lowest BCUT2D eigenvalue weighted by Gasteiger charge is -2.53. The molecule has 2 atom stereocenters. The lowest BCUT2D eigenvalue weighted by molar-refractivity contribution is -0.173. The van der Waals surface area contributed by atoms with E-state index in [-0.39, 0.29) is 18.3 Å². The normalized spacial score (nSPS) is 27.8. The zero-order valence-electron chi connectivity index (χ0n) is 16.6. The molecule has 1 spiro atoms. The van der Waals surface area contributed by atoms with Gasteiger partial charge in [-0.25, -0.2) is 8.78 Å². The minimum Gasteiger partial charge on any atom is -0.375 e. The van der Waals surface area contributed by atoms with Crippen LogP contribution in [0.4, 0.5) is 8.78 Å². The second kappa shape index (κ2) is 7.35. The van der Waals surface area contributed by atoms with Gasteiger partial charge in [-0.3, -0.25) is 10.2 Å². The number of hydrogen-bond acceptors (Lipinski definition) is 3. The van der Waals surface area contributed by atoms with E-state index in [4.69, 9.17) is 5.41 Å². The minimum atomic E-state index is -2.83. The summed E-state index contributed by atoms with van der Waals surface area (Å²) in [5.74, 6) is -4.06. The first-order valence-corrected chi connectivity index (χ1v) is 10.5. The van der Waals surface area contributed by atoms with Crippen LogP contribution in [0.3, 0.4) is 0 Å². The van der Waals surface area contributed by atoms with Crippen molar-refractivity contribution in [2.45, 2.75) is 50.0 Å². The highest BCUT2D eigenvalue weighted by atomic mass is 19.3. The van der Waals surface area contributed by atoms with Gasteiger partial charge in [0.25, 0.3) is 5.91 Å². The second-order valence-electron chi connectivity index (χ2n) is 9.11. The van der Waals surface area contributed by atoms with Crippen molar-refractivity contribution in [2.24, 2.45) is 11.3 Å². The number of alkyl halides is 2. The molecule has 2 heterocycles. The summed E-state index contributed by atoms with van der Waals surface area (Å²) in [7, 11) is 0. The van der Waals surface area contributed by atoms with Gasteiger partial charge in [-0.05, 0) is 31.2 Å². The molecular formula is C22H29F2N3O2. The average molecular weight is 405 g/mol. The summed E-state index contributed by atoms with van der Waals surface area (Å²) in [5.41, 5.74) is -1.48. The van der Waals surface area contributed by atoms with Gasteiger partial charge in [-0.2, -0.15) is 0 Å². The fourth-order valence-corrected chi connectivity index (χ4v) is 5.40. The SMILES string of the molecule is N=CN1CCCC2(CC1)CN(C(=O)[C@](O)(c1ccccc1)[C@@H]1CCC(F)(F)C1)C2. The van der Waals surface area contributed by atoms with Crippen LogP contribution in [0.2, 0.25) is 0 Å². The second-order valence-corrected chi connectivity index (χ2v) is 9.11. The van der Waals surface area contributed by atoms with Gasteiger partial charge in [0, 0.05) is 50.4 Å². The number of aliphatic hydroxyl groups is 1. The van der Waals surface area contributed by atoms with Crippen molar-refractivity contribution in [2.75, 3.05) is 26.2 Å². The summed E-state index contributed by atoms with van der Waals surface area (Å²) in [6.45, 7) is 2.75. The number of likely N-dealkylation sites (tertiary alicyclic amines) is 2. The van der Waals surface area contributed by atoms with Crippen molar-refractivity contribution in [1.29, 1.82) is 5.41 Å². The Kier molecular flexibility index (Phi) is 5.13. The lowest BCUT2D eigenvalue weighted by Crippen LogP contribution is -2.64. The fourth-order valence-electron chi connectivity index (χ4n) is 5.40. The molecule has 7 heteroatoms. The van der Waals surface area contributed by atoms with Gasteiger partial charge >= 0.3 is 0 Å². The predicted octanol–water partition coefficient (Wildman–Crippen LogP) is 3.23. The molecule has 1 aromatic carbocycles. The van der Waals surface area contributed by atoms with Crippen LogP contribution in [0.1, 0.15) is 44.1 Å². The van der Waals surface area contributed by atoms with Crippen LogP contribution >= 0.6 is 0 Å². The number of halogens is 2. The van der Waals surface area contributed by atoms with Gasteiger partial charge in [-0.1, -0.05) is 30.3 Å². The number of benzene rings is 1. The molecule has 1 aromatic rings. The summed E-state index contributed by atoms with van der Waals surface area (Å²) in [5, 5.41) is 19.0. The summed E-state index contributed by atoms with van der Waals surface area (Å²) in [6, 6.07) is 8.58. The molecule has 3 fully saturated rings. The topological polar surface area (TPSA) is 67.6 Å². The van der Waals surface area contributed by atoms with Crippen LogP contribution in [-0.4, -0.2) is 59.3 Å². The largest absolute Gasteiger partial charge is 0.375 e. The standard InChI is InChI=1S/C22H29F2N3O2/c23-21(24)9-7-18(13-21)22(29,17-5-2-1-3-6-17)19(28)27-14-20(15-27)8-4-11-26(16-25)12-10-20/h1-3,5-6,16,18,25,29H,4,7-15H2/t18-,22+/m1/s1. The fraction of sp³-hybridized carbons (Fsp3) is 0.636. The van der Waals surface area contributed by atoms with Crippen molar-refractivity contribution in [3.8, 4) is 0 Å². The predicted molar refractivity (Wildman–Crippen MR) is 106 cm³/mol. The number of hydrogen-bond donors (Lipinski definition) is 2. The van der Waals surface area contributed by atoms with Crippen molar-refractivity contribution >= 4 is 12.2 Å². The van der Waals surface area contributed by atoms with Crippen LogP contribution in [0.25, 0.3) is 0 Å². The Balaban J connectivity index is 1.54. The molecule has 0 unspecified atom stereocenters. The molecule has 3 aliphatic rings. The molecule has 2 saturated heterocycles. The first kappa shape index (κ1) is 20.3. The number of nitrogens with one attached hydrogen (secondary N) is 1. The van der Waals surface area contributed by atoms with Crippen LogP contribution in [0.15, 0.2) is 30.3 Å². The Morgan fingerprint density at radius 1 is 1.17 bits per heavy atom. The Morgan fingerprint density at radius 2 is 1.90 bits per heavy atom. The molecule has 1 aliphatic carbocycles. The number of carbonyl (C=O) groups excluding carboxylic acids is 1. The summed E-state index contributed by atoms with van der Waals surface area (Å²) < 4.78 is 27.9. The van der Waals surface area contributed by atoms with Gasteiger partial charge < -0.3 is 14.9 Å². The van der Waals surface area contributed by atoms with Gasteiger partial charge in [0.2, 0.25) is 5.92 Å². The molecule has 29 heavy (non-hydrogen) atoms. The third-order valence-electron chi connectivity index (χ3n) is 7.14. The Morgan fingerprint density at radius 3 is 2.52 bits per heavy atom. The zero-order chi connectivity index (χ0) is 20.7. The quantitative estimate of drug-likeness (QED) is 0.597. The van der Waals surface area contributed by atoms with E-state index in [2.05, 4.69) is 0 Å². The van der Waals surface area contributed by atoms with Gasteiger partial charge in [0.05, 0.1) is 6.34 Å². The molecule has 1 saturated carbocycles. The molecule has 2 aliphatic heterocycles. The number of amides is 1. The Hall–Kier alpha value is -2.02. The maximum absolute atomic E-state index is 13.9. The van der Waals surface area contributed by atoms with Gasteiger partial charge in [0.1, 0.15) is 0 Å². The maximum Gasteiger partial charge on any atom is 0.259 e. The zero-order valence-corrected chi connectivity index (χ0v) is 16.6.